The van der Waals surface area contributed by atoms with Crippen LogP contribution in [0.3, 0.4) is 0 Å². The summed E-state index contributed by atoms with van der Waals surface area (Å²) >= 11 is 0. The lowest BCUT2D eigenvalue weighted by atomic mass is 11.0. The van der Waals surface area contributed by atoms with Crippen molar-refractivity contribution in [3.8, 4) is 0 Å². The van der Waals surface area contributed by atoms with Crippen molar-refractivity contribution in [3.63, 3.8) is 0 Å². The molecule has 0 aliphatic carbocycles. The molecule has 0 saturated carbocycles. The molecule has 0 heterocycles. The minimum atomic E-state index is -1.40. The fourth-order valence-electron chi connectivity index (χ4n) is 0.493. The Bertz CT molecular complexity index is 55.2. The largest absolute Gasteiger partial charge is 0.338 e. The molecule has 52 valence electrons. The van der Waals surface area contributed by atoms with Crippen LogP contribution < -0.4 is 4.72 Å². The zero-order chi connectivity index (χ0) is 6.62. The first-order chi connectivity index (χ1) is 3.68. The number of rotatable bonds is 3. The highest BCUT2D eigenvalue weighted by atomic mass is 32.3. The SMILES string of the molecule is CCS(O)(CC)NC. The predicted molar refractivity (Wildman–Crippen MR) is 40.4 cm³/mol. The van der Waals surface area contributed by atoms with E-state index in [1.807, 2.05) is 20.9 Å². The van der Waals surface area contributed by atoms with Gasteiger partial charge in [-0.1, -0.05) is 24.3 Å². The molecule has 0 aliphatic rings. The molecule has 2 nitrogen and oxygen atoms in total. The van der Waals surface area contributed by atoms with Crippen molar-refractivity contribution in [2.45, 2.75) is 13.8 Å². The molecule has 0 fully saturated rings. The van der Waals surface area contributed by atoms with E-state index in [4.69, 9.17) is 0 Å². The first-order valence-corrected chi connectivity index (χ1v) is 4.81. The third-order valence-corrected chi connectivity index (χ3v) is 4.01. The second-order valence-corrected chi connectivity index (χ2v) is 4.87. The predicted octanol–water partition coefficient (Wildman–Crippen LogP) is 1.44. The maximum Gasteiger partial charge on any atom is 0.00840 e. The quantitative estimate of drug-likeness (QED) is 0.617. The van der Waals surface area contributed by atoms with Gasteiger partial charge < -0.3 is 4.55 Å². The van der Waals surface area contributed by atoms with Gasteiger partial charge in [-0.05, 0) is 7.05 Å². The molecule has 0 rings (SSSR count). The molecule has 0 spiro atoms. The van der Waals surface area contributed by atoms with E-state index in [2.05, 4.69) is 4.72 Å². The fourth-order valence-corrected chi connectivity index (χ4v) is 1.48. The molecule has 0 unspecified atom stereocenters. The first-order valence-electron chi connectivity index (χ1n) is 2.88. The number of hydrogen-bond acceptors (Lipinski definition) is 2. The number of hydrogen-bond donors (Lipinski definition) is 2. The van der Waals surface area contributed by atoms with E-state index in [1.165, 1.54) is 0 Å². The summed E-state index contributed by atoms with van der Waals surface area (Å²) in [5.41, 5.74) is 0. The lowest BCUT2D eigenvalue weighted by Gasteiger charge is -2.30. The van der Waals surface area contributed by atoms with Crippen LogP contribution in [-0.2, 0) is 0 Å². The highest BCUT2D eigenvalue weighted by Crippen LogP contribution is 2.35. The van der Waals surface area contributed by atoms with Crippen LogP contribution in [0.15, 0.2) is 0 Å². The highest BCUT2D eigenvalue weighted by Gasteiger charge is 2.10. The van der Waals surface area contributed by atoms with E-state index in [0.29, 0.717) is 0 Å². The van der Waals surface area contributed by atoms with E-state index in [-0.39, 0.29) is 0 Å². The molecule has 0 atom stereocenters. The summed E-state index contributed by atoms with van der Waals surface area (Å²) in [5.74, 6) is 1.69. The third kappa shape index (κ3) is 2.03. The third-order valence-electron chi connectivity index (χ3n) is 1.34. The van der Waals surface area contributed by atoms with Crippen molar-refractivity contribution in [2.24, 2.45) is 0 Å². The van der Waals surface area contributed by atoms with E-state index in [9.17, 15) is 4.55 Å². The van der Waals surface area contributed by atoms with Crippen LogP contribution in [-0.4, -0.2) is 23.1 Å². The molecule has 3 heteroatoms. The zero-order valence-corrected chi connectivity index (χ0v) is 6.59. The smallest absolute Gasteiger partial charge is 0.00840 e. The molecule has 0 radical (unpaired) electrons. The monoisotopic (exact) mass is 137 g/mol. The second-order valence-electron chi connectivity index (χ2n) is 1.62. The van der Waals surface area contributed by atoms with Gasteiger partial charge in [-0.25, -0.2) is 0 Å². The molecule has 0 saturated heterocycles. The van der Waals surface area contributed by atoms with Crippen LogP contribution in [0.5, 0.6) is 0 Å². The van der Waals surface area contributed by atoms with Crippen molar-refractivity contribution in [3.05, 3.63) is 0 Å². The summed E-state index contributed by atoms with van der Waals surface area (Å²) in [5, 5.41) is 0. The van der Waals surface area contributed by atoms with Crippen molar-refractivity contribution >= 4 is 10.5 Å². The number of nitrogens with one attached hydrogen (secondary N) is 1. The van der Waals surface area contributed by atoms with Crippen LogP contribution in [0.2, 0.25) is 0 Å². The maximum atomic E-state index is 9.41. The lowest BCUT2D eigenvalue weighted by molar-refractivity contribution is 0.617. The molecule has 8 heavy (non-hydrogen) atoms. The fraction of sp³-hybridized carbons (Fsp3) is 1.00. The normalized spacial score (nSPS) is 14.0. The van der Waals surface area contributed by atoms with Gasteiger partial charge >= 0.3 is 0 Å². The standard InChI is InChI=1S/C5H15NOS/c1-4-8(7,5-2)6-3/h6-7H,4-5H2,1-3H3. The van der Waals surface area contributed by atoms with Crippen molar-refractivity contribution < 1.29 is 4.55 Å². The molecule has 0 bridgehead atoms. The van der Waals surface area contributed by atoms with Gasteiger partial charge in [-0.3, -0.25) is 4.72 Å². The molecule has 0 aromatic heterocycles. The summed E-state index contributed by atoms with van der Waals surface area (Å²) in [7, 11) is 0.405. The molecule has 0 aromatic carbocycles. The summed E-state index contributed by atoms with van der Waals surface area (Å²) in [6, 6.07) is 0. The van der Waals surface area contributed by atoms with E-state index >= 15 is 0 Å². The van der Waals surface area contributed by atoms with Crippen LogP contribution in [0.1, 0.15) is 13.8 Å². The average Bonchev–Trinajstić information content (AvgIpc) is 1.87. The van der Waals surface area contributed by atoms with Crippen LogP contribution >= 0.6 is 10.5 Å². The van der Waals surface area contributed by atoms with Gasteiger partial charge in [0.2, 0.25) is 0 Å². The minimum Gasteiger partial charge on any atom is -0.338 e. The Morgan fingerprint density at radius 1 is 1.38 bits per heavy atom. The average molecular weight is 137 g/mol. The molecule has 0 aliphatic heterocycles. The van der Waals surface area contributed by atoms with Crippen molar-refractivity contribution in [1.82, 2.24) is 4.72 Å². The van der Waals surface area contributed by atoms with Gasteiger partial charge in [-0.15, -0.1) is 0 Å². The molecule has 0 aromatic rings. The van der Waals surface area contributed by atoms with Crippen LogP contribution in [0.4, 0.5) is 0 Å². The Labute approximate surface area is 52.9 Å². The van der Waals surface area contributed by atoms with Gasteiger partial charge in [0, 0.05) is 11.5 Å². The van der Waals surface area contributed by atoms with E-state index in [0.717, 1.165) is 11.5 Å². The summed E-state index contributed by atoms with van der Waals surface area (Å²) in [6.07, 6.45) is 0. The van der Waals surface area contributed by atoms with Crippen molar-refractivity contribution in [1.29, 1.82) is 0 Å². The highest BCUT2D eigenvalue weighted by molar-refractivity contribution is 8.27. The Morgan fingerprint density at radius 3 is 1.75 bits per heavy atom. The Morgan fingerprint density at radius 2 is 1.75 bits per heavy atom. The van der Waals surface area contributed by atoms with Crippen LogP contribution in [0, 0.1) is 0 Å². The molecular weight excluding hydrogens is 122 g/mol. The van der Waals surface area contributed by atoms with Crippen LogP contribution in [0.25, 0.3) is 0 Å². The van der Waals surface area contributed by atoms with Gasteiger partial charge in [0.15, 0.2) is 0 Å². The maximum absolute atomic E-state index is 9.41. The summed E-state index contributed by atoms with van der Waals surface area (Å²) < 4.78 is 12.3. The topological polar surface area (TPSA) is 32.3 Å². The molecule has 0 amide bonds. The minimum absolute atomic E-state index is 0.847. The second kappa shape index (κ2) is 3.33. The molecular formula is C5H15NOS. The van der Waals surface area contributed by atoms with Crippen molar-refractivity contribution in [2.75, 3.05) is 18.6 Å². The van der Waals surface area contributed by atoms with Gasteiger partial charge in [0.05, 0.1) is 0 Å². The Kier molecular flexibility index (Phi) is 3.44. The summed E-state index contributed by atoms with van der Waals surface area (Å²) in [4.78, 5) is 0. The molecule has 2 N–H and O–H groups in total. The Balaban J connectivity index is 3.58. The Hall–Kier alpha value is 0.270. The first kappa shape index (κ1) is 8.27. The lowest BCUT2D eigenvalue weighted by Crippen LogP contribution is -2.19. The van der Waals surface area contributed by atoms with Gasteiger partial charge in [-0.2, -0.15) is 0 Å². The summed E-state index contributed by atoms with van der Waals surface area (Å²) in [6.45, 7) is 3.99. The van der Waals surface area contributed by atoms with E-state index < -0.39 is 10.5 Å². The van der Waals surface area contributed by atoms with Gasteiger partial charge in [0.25, 0.3) is 0 Å². The zero-order valence-electron chi connectivity index (χ0n) is 5.77. The van der Waals surface area contributed by atoms with Gasteiger partial charge in [0.1, 0.15) is 0 Å². The van der Waals surface area contributed by atoms with E-state index in [1.54, 1.807) is 0 Å².